The van der Waals surface area contributed by atoms with Gasteiger partial charge < -0.3 is 20.3 Å². The van der Waals surface area contributed by atoms with Crippen LogP contribution in [0.5, 0.6) is 0 Å². The summed E-state index contributed by atoms with van der Waals surface area (Å²) < 4.78 is 7.40. The van der Waals surface area contributed by atoms with Gasteiger partial charge in [-0.3, -0.25) is 4.68 Å². The Balaban J connectivity index is 1.73. The van der Waals surface area contributed by atoms with E-state index in [1.165, 1.54) is 0 Å². The van der Waals surface area contributed by atoms with Crippen molar-refractivity contribution in [1.29, 1.82) is 0 Å². The quantitative estimate of drug-likeness (QED) is 0.587. The van der Waals surface area contributed by atoms with Gasteiger partial charge in [0.25, 0.3) is 0 Å². The van der Waals surface area contributed by atoms with Crippen LogP contribution in [-0.4, -0.2) is 63.1 Å². The maximum absolute atomic E-state index is 5.51. The Labute approximate surface area is 170 Å². The highest BCUT2D eigenvalue weighted by Crippen LogP contribution is 2.26. The van der Waals surface area contributed by atoms with Gasteiger partial charge in [0, 0.05) is 38.0 Å². The first-order chi connectivity index (χ1) is 14.1. The van der Waals surface area contributed by atoms with Crippen molar-refractivity contribution in [3.63, 3.8) is 0 Å². The number of pyridine rings is 1. The minimum absolute atomic E-state index is 0.374. The molecule has 3 aromatic rings. The molecule has 2 atom stereocenters. The van der Waals surface area contributed by atoms with Gasteiger partial charge in [0.1, 0.15) is 16.9 Å². The van der Waals surface area contributed by atoms with E-state index in [0.717, 1.165) is 29.9 Å². The second kappa shape index (κ2) is 8.71. The van der Waals surface area contributed by atoms with E-state index in [2.05, 4.69) is 39.5 Å². The van der Waals surface area contributed by atoms with Gasteiger partial charge in [0.15, 0.2) is 5.82 Å². The van der Waals surface area contributed by atoms with Crippen molar-refractivity contribution >= 4 is 28.6 Å². The molecule has 0 amide bonds. The SMILES string of the molecule is CCOCCn1ncc2nc(N3C[C@@H](C)N[C@H](C)C3)nc(Nc3ccccn3)c21. The second-order valence-corrected chi connectivity index (χ2v) is 7.38. The molecule has 154 valence electrons. The molecule has 0 spiro atoms. The molecule has 9 nitrogen and oxygen atoms in total. The minimum Gasteiger partial charge on any atom is -0.380 e. The van der Waals surface area contributed by atoms with Crippen LogP contribution in [0.2, 0.25) is 0 Å². The highest BCUT2D eigenvalue weighted by Gasteiger charge is 2.25. The van der Waals surface area contributed by atoms with Crippen molar-refractivity contribution < 1.29 is 4.74 Å². The van der Waals surface area contributed by atoms with Crippen LogP contribution in [0.3, 0.4) is 0 Å². The van der Waals surface area contributed by atoms with Gasteiger partial charge in [-0.15, -0.1) is 0 Å². The first-order valence-corrected chi connectivity index (χ1v) is 10.1. The molecule has 0 bridgehead atoms. The van der Waals surface area contributed by atoms with E-state index in [1.54, 1.807) is 12.4 Å². The van der Waals surface area contributed by atoms with Gasteiger partial charge >= 0.3 is 0 Å². The monoisotopic (exact) mass is 396 g/mol. The molecule has 4 heterocycles. The number of anilines is 3. The van der Waals surface area contributed by atoms with Crippen LogP contribution in [0.15, 0.2) is 30.6 Å². The summed E-state index contributed by atoms with van der Waals surface area (Å²) in [7, 11) is 0. The maximum Gasteiger partial charge on any atom is 0.228 e. The summed E-state index contributed by atoms with van der Waals surface area (Å²) in [4.78, 5) is 16.3. The average molecular weight is 396 g/mol. The van der Waals surface area contributed by atoms with Gasteiger partial charge in [0.2, 0.25) is 5.95 Å². The number of piperazine rings is 1. The van der Waals surface area contributed by atoms with Gasteiger partial charge in [0.05, 0.1) is 19.3 Å². The Morgan fingerprint density at radius 2 is 2.03 bits per heavy atom. The molecule has 3 aromatic heterocycles. The van der Waals surface area contributed by atoms with Crippen molar-refractivity contribution in [1.82, 2.24) is 30.0 Å². The van der Waals surface area contributed by atoms with Crippen LogP contribution >= 0.6 is 0 Å². The van der Waals surface area contributed by atoms with Crippen molar-refractivity contribution in [2.24, 2.45) is 0 Å². The van der Waals surface area contributed by atoms with Crippen molar-refractivity contribution in [3.05, 3.63) is 30.6 Å². The summed E-state index contributed by atoms with van der Waals surface area (Å²) in [6.45, 7) is 9.97. The van der Waals surface area contributed by atoms with Crippen molar-refractivity contribution in [2.45, 2.75) is 39.4 Å². The second-order valence-electron chi connectivity index (χ2n) is 7.38. The smallest absolute Gasteiger partial charge is 0.228 e. The Kier molecular flexibility index (Phi) is 5.86. The molecule has 9 heteroatoms. The van der Waals surface area contributed by atoms with E-state index in [1.807, 2.05) is 29.8 Å². The molecule has 0 aromatic carbocycles. The third-order valence-electron chi connectivity index (χ3n) is 4.88. The van der Waals surface area contributed by atoms with Gasteiger partial charge in [-0.2, -0.15) is 10.1 Å². The van der Waals surface area contributed by atoms with Crippen LogP contribution in [0, 0.1) is 0 Å². The molecule has 0 unspecified atom stereocenters. The number of hydrogen-bond donors (Lipinski definition) is 2. The van der Waals surface area contributed by atoms with Gasteiger partial charge in [-0.1, -0.05) is 6.07 Å². The van der Waals surface area contributed by atoms with E-state index in [4.69, 9.17) is 14.7 Å². The molecule has 1 fully saturated rings. The number of nitrogens with one attached hydrogen (secondary N) is 2. The lowest BCUT2D eigenvalue weighted by atomic mass is 10.1. The number of nitrogens with zero attached hydrogens (tertiary/aromatic N) is 6. The van der Waals surface area contributed by atoms with Gasteiger partial charge in [-0.25, -0.2) is 9.97 Å². The fourth-order valence-corrected chi connectivity index (χ4v) is 3.73. The molecule has 0 saturated carbocycles. The van der Waals surface area contributed by atoms with E-state index in [0.29, 0.717) is 43.6 Å². The fraction of sp³-hybridized carbons (Fsp3) is 0.500. The topological polar surface area (TPSA) is 93.0 Å². The zero-order valence-corrected chi connectivity index (χ0v) is 17.2. The Morgan fingerprint density at radius 3 is 2.76 bits per heavy atom. The lowest BCUT2D eigenvalue weighted by Gasteiger charge is -2.36. The third kappa shape index (κ3) is 4.46. The standard InChI is InChI=1S/C20H28N8O/c1-4-29-10-9-28-18-16(11-22-28)24-20(27-12-14(2)23-15(3)13-27)26-19(18)25-17-7-5-6-8-21-17/h5-8,11,14-15,23H,4,9-10,12-13H2,1-3H3,(H,21,24,25,26)/t14-,15-/m1/s1. The third-order valence-corrected chi connectivity index (χ3v) is 4.88. The van der Waals surface area contributed by atoms with E-state index in [9.17, 15) is 0 Å². The number of ether oxygens (including phenoxy) is 1. The number of hydrogen-bond acceptors (Lipinski definition) is 8. The molecule has 0 aliphatic carbocycles. The zero-order valence-electron chi connectivity index (χ0n) is 17.2. The predicted octanol–water partition coefficient (Wildman–Crippen LogP) is 2.19. The van der Waals surface area contributed by atoms with Crippen molar-refractivity contribution in [3.8, 4) is 0 Å². The van der Waals surface area contributed by atoms with Crippen LogP contribution in [0.4, 0.5) is 17.6 Å². The number of rotatable bonds is 7. The predicted molar refractivity (Wildman–Crippen MR) is 114 cm³/mol. The van der Waals surface area contributed by atoms with E-state index >= 15 is 0 Å². The summed E-state index contributed by atoms with van der Waals surface area (Å²) >= 11 is 0. The van der Waals surface area contributed by atoms with Crippen LogP contribution in [-0.2, 0) is 11.3 Å². The molecule has 1 aliphatic heterocycles. The number of fused-ring (bicyclic) bond motifs is 1. The first-order valence-electron chi connectivity index (χ1n) is 10.1. The summed E-state index contributed by atoms with van der Waals surface area (Å²) in [5.74, 6) is 2.15. The molecule has 1 aliphatic rings. The van der Waals surface area contributed by atoms with Gasteiger partial charge in [-0.05, 0) is 32.9 Å². The summed E-state index contributed by atoms with van der Waals surface area (Å²) in [5, 5.41) is 11.4. The van der Waals surface area contributed by atoms with Crippen LogP contribution < -0.4 is 15.5 Å². The zero-order chi connectivity index (χ0) is 20.2. The van der Waals surface area contributed by atoms with E-state index < -0.39 is 0 Å². The molecular weight excluding hydrogens is 368 g/mol. The van der Waals surface area contributed by atoms with E-state index in [-0.39, 0.29) is 0 Å². The minimum atomic E-state index is 0.374. The molecule has 4 rings (SSSR count). The molecule has 29 heavy (non-hydrogen) atoms. The molecule has 1 saturated heterocycles. The molecule has 0 radical (unpaired) electrons. The van der Waals surface area contributed by atoms with Crippen LogP contribution in [0.1, 0.15) is 20.8 Å². The molecular formula is C20H28N8O. The number of aromatic nitrogens is 5. The Bertz CT molecular complexity index is 934. The van der Waals surface area contributed by atoms with Crippen LogP contribution in [0.25, 0.3) is 11.0 Å². The lowest BCUT2D eigenvalue weighted by Crippen LogP contribution is -2.54. The summed E-state index contributed by atoms with van der Waals surface area (Å²) in [6, 6.07) is 6.50. The largest absolute Gasteiger partial charge is 0.380 e. The fourth-order valence-electron chi connectivity index (χ4n) is 3.73. The highest BCUT2D eigenvalue weighted by atomic mass is 16.5. The average Bonchev–Trinajstić information content (AvgIpc) is 3.11. The van der Waals surface area contributed by atoms with Crippen molar-refractivity contribution in [2.75, 3.05) is 36.5 Å². The lowest BCUT2D eigenvalue weighted by molar-refractivity contribution is 0.137. The Hall–Kier alpha value is -2.78. The summed E-state index contributed by atoms with van der Waals surface area (Å²) in [5.41, 5.74) is 1.67. The maximum atomic E-state index is 5.51. The first kappa shape index (κ1) is 19.5. The molecule has 2 N–H and O–H groups in total. The summed E-state index contributed by atoms with van der Waals surface area (Å²) in [6.07, 6.45) is 3.55. The normalized spacial score (nSPS) is 19.6. The Morgan fingerprint density at radius 1 is 1.21 bits per heavy atom. The highest BCUT2D eigenvalue weighted by molar-refractivity contribution is 5.88.